The summed E-state index contributed by atoms with van der Waals surface area (Å²) >= 11 is 0. The van der Waals surface area contributed by atoms with Crippen molar-refractivity contribution in [2.75, 3.05) is 0 Å². The molecule has 1 N–H and O–H groups in total. The number of nitrogens with one attached hydrogen (secondary N) is 1. The molecule has 30 heavy (non-hydrogen) atoms. The van der Waals surface area contributed by atoms with Crippen LogP contribution in [0.3, 0.4) is 0 Å². The van der Waals surface area contributed by atoms with E-state index in [-0.39, 0.29) is 36.4 Å². The third-order valence-corrected chi connectivity index (χ3v) is 6.46. The van der Waals surface area contributed by atoms with Gasteiger partial charge in [0.05, 0.1) is 12.1 Å². The number of aromatic nitrogens is 3. The fraction of sp³-hybridized carbons (Fsp3) is 0.391. The molecule has 2 bridgehead atoms. The predicted octanol–water partition coefficient (Wildman–Crippen LogP) is 2.93. The Morgan fingerprint density at radius 1 is 1.17 bits per heavy atom. The number of hydrogen-bond acceptors (Lipinski definition) is 5. The Morgan fingerprint density at radius 2 is 1.97 bits per heavy atom. The first-order valence-corrected chi connectivity index (χ1v) is 10.4. The number of esters is 1. The van der Waals surface area contributed by atoms with Crippen LogP contribution in [-0.2, 0) is 16.1 Å². The molecule has 0 aliphatic heterocycles. The van der Waals surface area contributed by atoms with E-state index in [0.29, 0.717) is 17.1 Å². The molecule has 4 atom stereocenters. The molecule has 7 nitrogen and oxygen atoms in total. The van der Waals surface area contributed by atoms with Gasteiger partial charge in [-0.3, -0.25) is 9.59 Å². The Hall–Kier alpha value is -3.22. The highest BCUT2D eigenvalue weighted by atomic mass is 16.5. The summed E-state index contributed by atoms with van der Waals surface area (Å²) < 4.78 is 7.23. The molecule has 1 aromatic carbocycles. The predicted molar refractivity (Wildman–Crippen MR) is 110 cm³/mol. The molecule has 2 heterocycles. The lowest BCUT2D eigenvalue weighted by Gasteiger charge is -2.30. The van der Waals surface area contributed by atoms with Crippen LogP contribution in [-0.4, -0.2) is 32.5 Å². The van der Waals surface area contributed by atoms with Gasteiger partial charge in [-0.05, 0) is 49.7 Å². The zero-order valence-corrected chi connectivity index (χ0v) is 16.8. The van der Waals surface area contributed by atoms with Crippen molar-refractivity contribution in [3.63, 3.8) is 0 Å². The summed E-state index contributed by atoms with van der Waals surface area (Å²) in [5.74, 6) is -0.169. The molecular formula is C23H24N4O3. The van der Waals surface area contributed by atoms with E-state index in [0.717, 1.165) is 30.5 Å². The van der Waals surface area contributed by atoms with Crippen molar-refractivity contribution in [2.45, 2.75) is 38.8 Å². The highest BCUT2D eigenvalue weighted by Crippen LogP contribution is 2.49. The van der Waals surface area contributed by atoms with Gasteiger partial charge < -0.3 is 10.1 Å². The molecule has 2 aromatic heterocycles. The largest absolute Gasteiger partial charge is 0.461 e. The smallest absolute Gasteiger partial charge is 0.311 e. The van der Waals surface area contributed by atoms with Crippen LogP contribution < -0.4 is 5.32 Å². The van der Waals surface area contributed by atoms with Crippen molar-refractivity contribution < 1.29 is 14.3 Å². The molecule has 5 rings (SSSR count). The minimum Gasteiger partial charge on any atom is -0.461 e. The maximum absolute atomic E-state index is 13.1. The molecule has 154 valence electrons. The first kappa shape index (κ1) is 18.8. The van der Waals surface area contributed by atoms with Gasteiger partial charge in [0.25, 0.3) is 5.91 Å². The molecule has 2 fully saturated rings. The summed E-state index contributed by atoms with van der Waals surface area (Å²) in [5.41, 5.74) is 2.73. The minimum atomic E-state index is -0.298. The second-order valence-corrected chi connectivity index (χ2v) is 8.35. The second kappa shape index (κ2) is 7.55. The summed E-state index contributed by atoms with van der Waals surface area (Å²) in [5, 5.41) is 7.34. The minimum absolute atomic E-state index is 0.209. The van der Waals surface area contributed by atoms with E-state index < -0.39 is 0 Å². The van der Waals surface area contributed by atoms with Crippen molar-refractivity contribution in [1.29, 1.82) is 0 Å². The third kappa shape index (κ3) is 3.34. The van der Waals surface area contributed by atoms with E-state index in [2.05, 4.69) is 15.4 Å². The number of carbonyl (C=O) groups excluding carboxylic acids is 2. The first-order chi connectivity index (χ1) is 14.6. The van der Waals surface area contributed by atoms with Gasteiger partial charge in [0.15, 0.2) is 5.65 Å². The normalized spacial score (nSPS) is 24.8. The molecular weight excluding hydrogens is 380 g/mol. The van der Waals surface area contributed by atoms with E-state index in [4.69, 9.17) is 4.74 Å². The summed E-state index contributed by atoms with van der Waals surface area (Å²) in [6, 6.07) is 11.3. The van der Waals surface area contributed by atoms with E-state index in [1.165, 1.54) is 6.20 Å². The number of rotatable bonds is 5. The number of aryl methyl sites for hydroxylation is 1. The average molecular weight is 404 g/mol. The molecule has 0 unspecified atom stereocenters. The summed E-state index contributed by atoms with van der Waals surface area (Å²) in [6.07, 6.45) is 6.33. The van der Waals surface area contributed by atoms with Crippen molar-refractivity contribution >= 4 is 17.5 Å². The van der Waals surface area contributed by atoms with Crippen LogP contribution in [0, 0.1) is 24.7 Å². The van der Waals surface area contributed by atoms with Crippen LogP contribution >= 0.6 is 0 Å². The monoisotopic (exact) mass is 404 g/mol. The van der Waals surface area contributed by atoms with E-state index >= 15 is 0 Å². The third-order valence-electron chi connectivity index (χ3n) is 6.46. The van der Waals surface area contributed by atoms with Gasteiger partial charge in [-0.2, -0.15) is 5.10 Å². The highest BCUT2D eigenvalue weighted by molar-refractivity contribution is 6.00. The van der Waals surface area contributed by atoms with Crippen molar-refractivity contribution in [1.82, 2.24) is 19.9 Å². The Labute approximate surface area is 174 Å². The summed E-state index contributed by atoms with van der Waals surface area (Å²) in [4.78, 5) is 30.4. The van der Waals surface area contributed by atoms with Gasteiger partial charge in [0.2, 0.25) is 0 Å². The lowest BCUT2D eigenvalue weighted by Crippen LogP contribution is -2.47. The summed E-state index contributed by atoms with van der Waals surface area (Å²) in [6.45, 7) is 2.13. The standard InChI is InChI=1S/C23H24N4O3/c1-14-9-10-27-21(25-14)18(12-24-27)22(28)26-20-17-8-7-16(11-17)19(20)23(29)30-13-15-5-3-2-4-6-15/h2-6,9-10,12,16-17,19-20H,7-8,11,13H2,1H3,(H,26,28)/t16-,17-,19+,20+/m0/s1. The number of fused-ring (bicyclic) bond motifs is 3. The number of ether oxygens (including phenoxy) is 1. The van der Waals surface area contributed by atoms with Crippen LogP contribution in [0.4, 0.5) is 0 Å². The Kier molecular flexibility index (Phi) is 4.73. The Bertz CT molecular complexity index is 1090. The Balaban J connectivity index is 1.32. The lowest BCUT2D eigenvalue weighted by molar-refractivity contribution is -0.152. The van der Waals surface area contributed by atoms with Gasteiger partial charge in [-0.1, -0.05) is 30.3 Å². The van der Waals surface area contributed by atoms with Crippen molar-refractivity contribution in [3.05, 3.63) is 65.6 Å². The quantitative estimate of drug-likeness (QED) is 0.661. The van der Waals surface area contributed by atoms with Crippen LogP contribution in [0.15, 0.2) is 48.8 Å². The molecule has 7 heteroatoms. The molecule has 2 aliphatic carbocycles. The highest BCUT2D eigenvalue weighted by Gasteiger charge is 2.52. The van der Waals surface area contributed by atoms with Crippen LogP contribution in [0.2, 0.25) is 0 Å². The number of hydrogen-bond donors (Lipinski definition) is 1. The van der Waals surface area contributed by atoms with Crippen LogP contribution in [0.25, 0.3) is 5.65 Å². The fourth-order valence-corrected chi connectivity index (χ4v) is 5.01. The Morgan fingerprint density at radius 3 is 2.80 bits per heavy atom. The number of benzene rings is 1. The number of carbonyl (C=O) groups is 2. The molecule has 2 saturated carbocycles. The zero-order valence-electron chi connectivity index (χ0n) is 16.8. The number of nitrogens with zero attached hydrogens (tertiary/aromatic N) is 3. The fourth-order valence-electron chi connectivity index (χ4n) is 5.01. The second-order valence-electron chi connectivity index (χ2n) is 8.35. The summed E-state index contributed by atoms with van der Waals surface area (Å²) in [7, 11) is 0. The topological polar surface area (TPSA) is 85.6 Å². The van der Waals surface area contributed by atoms with E-state index in [1.54, 1.807) is 10.7 Å². The molecule has 0 saturated heterocycles. The van der Waals surface area contributed by atoms with Gasteiger partial charge in [-0.15, -0.1) is 0 Å². The molecule has 3 aromatic rings. The van der Waals surface area contributed by atoms with E-state index in [1.807, 2.05) is 43.3 Å². The van der Waals surface area contributed by atoms with Crippen molar-refractivity contribution in [3.8, 4) is 0 Å². The molecule has 1 amide bonds. The first-order valence-electron chi connectivity index (χ1n) is 10.4. The van der Waals surface area contributed by atoms with Gasteiger partial charge in [-0.25, -0.2) is 9.50 Å². The maximum Gasteiger partial charge on any atom is 0.311 e. The SMILES string of the molecule is Cc1ccn2ncc(C(=O)N[C@@H]3[C@H]4CC[C@@H](C4)[C@H]3C(=O)OCc3ccccc3)c2n1. The lowest BCUT2D eigenvalue weighted by atomic mass is 9.84. The van der Waals surface area contributed by atoms with E-state index in [9.17, 15) is 9.59 Å². The maximum atomic E-state index is 13.1. The van der Waals surface area contributed by atoms with Crippen molar-refractivity contribution in [2.24, 2.45) is 17.8 Å². The molecule has 0 spiro atoms. The molecule has 2 aliphatic rings. The number of amides is 1. The molecule has 0 radical (unpaired) electrons. The van der Waals surface area contributed by atoms with Gasteiger partial charge in [0, 0.05) is 17.9 Å². The van der Waals surface area contributed by atoms with Crippen LogP contribution in [0.1, 0.15) is 40.9 Å². The van der Waals surface area contributed by atoms with Gasteiger partial charge in [0.1, 0.15) is 12.2 Å². The average Bonchev–Trinajstić information content (AvgIpc) is 3.47. The van der Waals surface area contributed by atoms with Gasteiger partial charge >= 0.3 is 5.97 Å². The zero-order chi connectivity index (χ0) is 20.7. The van der Waals surface area contributed by atoms with Crippen LogP contribution in [0.5, 0.6) is 0 Å².